The van der Waals surface area contributed by atoms with Crippen LogP contribution in [-0.2, 0) is 6.54 Å². The van der Waals surface area contributed by atoms with E-state index in [2.05, 4.69) is 51.2 Å². The van der Waals surface area contributed by atoms with Gasteiger partial charge in [0, 0.05) is 11.6 Å². The Balaban J connectivity index is 2.16. The summed E-state index contributed by atoms with van der Waals surface area (Å²) in [6.45, 7) is 9.30. The average molecular weight is 243 g/mol. The molecule has 0 saturated carbocycles. The third-order valence-electron chi connectivity index (χ3n) is 3.14. The highest BCUT2D eigenvalue weighted by atomic mass is 16.3. The normalized spacial score (nSPS) is 11.2. The van der Waals surface area contributed by atoms with Crippen LogP contribution < -0.4 is 5.32 Å². The summed E-state index contributed by atoms with van der Waals surface area (Å²) in [6, 6.07) is 11.0. The van der Waals surface area contributed by atoms with Crippen LogP contribution in [0.25, 0.3) is 11.3 Å². The minimum Gasteiger partial charge on any atom is -0.460 e. The minimum absolute atomic E-state index is 0.472. The molecule has 2 aromatic rings. The first kappa shape index (κ1) is 12.9. The minimum atomic E-state index is 0.472. The standard InChI is InChI=1S/C16H21NO/c1-11(2)17-10-15-7-8-16(18-15)14-6-5-12(3)13(4)9-14/h5-9,11,17H,10H2,1-4H3. The van der Waals surface area contributed by atoms with Crippen LogP contribution in [0.2, 0.25) is 0 Å². The van der Waals surface area contributed by atoms with E-state index in [1.165, 1.54) is 11.1 Å². The van der Waals surface area contributed by atoms with Gasteiger partial charge in [-0.05, 0) is 43.2 Å². The fraction of sp³-hybridized carbons (Fsp3) is 0.375. The first-order chi connectivity index (χ1) is 8.56. The number of rotatable bonds is 4. The zero-order valence-corrected chi connectivity index (χ0v) is 11.6. The van der Waals surface area contributed by atoms with Gasteiger partial charge in [-0.15, -0.1) is 0 Å². The molecule has 1 aromatic carbocycles. The number of aryl methyl sites for hydroxylation is 2. The number of furan rings is 1. The summed E-state index contributed by atoms with van der Waals surface area (Å²) >= 11 is 0. The van der Waals surface area contributed by atoms with Crippen LogP contribution in [0.1, 0.15) is 30.7 Å². The quantitative estimate of drug-likeness (QED) is 0.876. The fourth-order valence-electron chi connectivity index (χ4n) is 1.83. The van der Waals surface area contributed by atoms with E-state index < -0.39 is 0 Å². The second-order valence-electron chi connectivity index (χ2n) is 5.10. The van der Waals surface area contributed by atoms with Crippen molar-refractivity contribution in [3.63, 3.8) is 0 Å². The van der Waals surface area contributed by atoms with Crippen molar-refractivity contribution in [3.8, 4) is 11.3 Å². The van der Waals surface area contributed by atoms with Gasteiger partial charge in [-0.3, -0.25) is 0 Å². The van der Waals surface area contributed by atoms with E-state index in [1.54, 1.807) is 0 Å². The summed E-state index contributed by atoms with van der Waals surface area (Å²) in [5, 5.41) is 3.35. The highest BCUT2D eigenvalue weighted by molar-refractivity contribution is 5.59. The van der Waals surface area contributed by atoms with Crippen LogP contribution >= 0.6 is 0 Å². The second kappa shape index (κ2) is 5.40. The SMILES string of the molecule is Cc1ccc(-c2ccc(CNC(C)C)o2)cc1C. The summed E-state index contributed by atoms with van der Waals surface area (Å²) in [5.41, 5.74) is 3.76. The van der Waals surface area contributed by atoms with E-state index in [9.17, 15) is 0 Å². The van der Waals surface area contributed by atoms with E-state index in [-0.39, 0.29) is 0 Å². The zero-order chi connectivity index (χ0) is 13.1. The predicted molar refractivity (Wildman–Crippen MR) is 75.6 cm³/mol. The first-order valence-electron chi connectivity index (χ1n) is 6.46. The molecule has 0 spiro atoms. The van der Waals surface area contributed by atoms with Gasteiger partial charge in [-0.25, -0.2) is 0 Å². The number of benzene rings is 1. The smallest absolute Gasteiger partial charge is 0.134 e. The average Bonchev–Trinajstić information content (AvgIpc) is 2.79. The van der Waals surface area contributed by atoms with Crippen molar-refractivity contribution >= 4 is 0 Å². The van der Waals surface area contributed by atoms with Crippen LogP contribution in [-0.4, -0.2) is 6.04 Å². The van der Waals surface area contributed by atoms with Crippen LogP contribution in [0.4, 0.5) is 0 Å². The van der Waals surface area contributed by atoms with Gasteiger partial charge in [0.15, 0.2) is 0 Å². The monoisotopic (exact) mass is 243 g/mol. The summed E-state index contributed by atoms with van der Waals surface area (Å²) in [4.78, 5) is 0. The molecule has 2 nitrogen and oxygen atoms in total. The van der Waals surface area contributed by atoms with Crippen molar-refractivity contribution in [3.05, 3.63) is 47.2 Å². The maximum atomic E-state index is 5.85. The molecule has 0 aliphatic heterocycles. The Kier molecular flexibility index (Phi) is 3.87. The maximum Gasteiger partial charge on any atom is 0.134 e. The van der Waals surface area contributed by atoms with Gasteiger partial charge < -0.3 is 9.73 Å². The van der Waals surface area contributed by atoms with Gasteiger partial charge in [0.1, 0.15) is 11.5 Å². The third-order valence-corrected chi connectivity index (χ3v) is 3.14. The molecule has 1 N–H and O–H groups in total. The Morgan fingerprint density at radius 3 is 2.50 bits per heavy atom. The van der Waals surface area contributed by atoms with Crippen LogP contribution in [0.15, 0.2) is 34.7 Å². The van der Waals surface area contributed by atoms with Crippen molar-refractivity contribution in [2.24, 2.45) is 0 Å². The number of nitrogens with one attached hydrogen (secondary N) is 1. The fourth-order valence-corrected chi connectivity index (χ4v) is 1.83. The summed E-state index contributed by atoms with van der Waals surface area (Å²) in [7, 11) is 0. The molecule has 0 saturated heterocycles. The van der Waals surface area contributed by atoms with Gasteiger partial charge >= 0.3 is 0 Å². The molecule has 18 heavy (non-hydrogen) atoms. The maximum absolute atomic E-state index is 5.85. The Hall–Kier alpha value is -1.54. The highest BCUT2D eigenvalue weighted by Crippen LogP contribution is 2.24. The van der Waals surface area contributed by atoms with Gasteiger partial charge in [-0.2, -0.15) is 0 Å². The molecular formula is C16H21NO. The van der Waals surface area contributed by atoms with Crippen molar-refractivity contribution in [2.75, 3.05) is 0 Å². The Morgan fingerprint density at radius 2 is 1.83 bits per heavy atom. The molecule has 2 rings (SSSR count). The van der Waals surface area contributed by atoms with Crippen molar-refractivity contribution in [2.45, 2.75) is 40.3 Å². The lowest BCUT2D eigenvalue weighted by molar-refractivity contribution is 0.473. The molecule has 0 aliphatic rings. The lowest BCUT2D eigenvalue weighted by Gasteiger charge is -2.05. The van der Waals surface area contributed by atoms with Crippen LogP contribution in [0.3, 0.4) is 0 Å². The second-order valence-corrected chi connectivity index (χ2v) is 5.10. The van der Waals surface area contributed by atoms with E-state index in [4.69, 9.17) is 4.42 Å². The Morgan fingerprint density at radius 1 is 1.06 bits per heavy atom. The van der Waals surface area contributed by atoms with E-state index in [0.29, 0.717) is 6.04 Å². The van der Waals surface area contributed by atoms with Crippen molar-refractivity contribution < 1.29 is 4.42 Å². The lowest BCUT2D eigenvalue weighted by atomic mass is 10.1. The lowest BCUT2D eigenvalue weighted by Crippen LogP contribution is -2.21. The molecule has 0 bridgehead atoms. The first-order valence-corrected chi connectivity index (χ1v) is 6.46. The molecule has 1 heterocycles. The predicted octanol–water partition coefficient (Wildman–Crippen LogP) is 4.06. The van der Waals surface area contributed by atoms with Gasteiger partial charge in [0.25, 0.3) is 0 Å². The summed E-state index contributed by atoms with van der Waals surface area (Å²) in [6.07, 6.45) is 0. The molecular weight excluding hydrogens is 222 g/mol. The van der Waals surface area contributed by atoms with Crippen molar-refractivity contribution in [1.82, 2.24) is 5.32 Å². The highest BCUT2D eigenvalue weighted by Gasteiger charge is 2.06. The zero-order valence-electron chi connectivity index (χ0n) is 11.6. The van der Waals surface area contributed by atoms with Gasteiger partial charge in [0.2, 0.25) is 0 Å². The largest absolute Gasteiger partial charge is 0.460 e. The molecule has 0 aliphatic carbocycles. The third kappa shape index (κ3) is 3.02. The molecule has 0 unspecified atom stereocenters. The van der Waals surface area contributed by atoms with E-state index in [0.717, 1.165) is 23.6 Å². The Labute approximate surface area is 109 Å². The molecule has 2 heteroatoms. The number of hydrogen-bond acceptors (Lipinski definition) is 2. The number of hydrogen-bond donors (Lipinski definition) is 1. The van der Waals surface area contributed by atoms with E-state index in [1.807, 2.05) is 12.1 Å². The molecule has 96 valence electrons. The van der Waals surface area contributed by atoms with Crippen LogP contribution in [0, 0.1) is 13.8 Å². The van der Waals surface area contributed by atoms with Crippen LogP contribution in [0.5, 0.6) is 0 Å². The van der Waals surface area contributed by atoms with Gasteiger partial charge in [-0.1, -0.05) is 26.0 Å². The van der Waals surface area contributed by atoms with Crippen molar-refractivity contribution in [1.29, 1.82) is 0 Å². The summed E-state index contributed by atoms with van der Waals surface area (Å²) < 4.78 is 5.85. The molecule has 1 aromatic heterocycles. The Bertz CT molecular complexity index is 526. The molecule has 0 atom stereocenters. The summed E-state index contributed by atoms with van der Waals surface area (Å²) in [5.74, 6) is 1.93. The molecule has 0 amide bonds. The molecule has 0 fully saturated rings. The van der Waals surface area contributed by atoms with E-state index >= 15 is 0 Å². The van der Waals surface area contributed by atoms with Gasteiger partial charge in [0.05, 0.1) is 6.54 Å². The molecule has 0 radical (unpaired) electrons. The topological polar surface area (TPSA) is 25.2 Å².